The Hall–Kier alpha value is -2.35. The molecule has 0 fully saturated rings. The topological polar surface area (TPSA) is 26.3 Å². The molecule has 1 unspecified atom stereocenters. The van der Waals surface area contributed by atoms with Crippen molar-refractivity contribution in [3.63, 3.8) is 0 Å². The van der Waals surface area contributed by atoms with E-state index >= 15 is 0 Å². The minimum Gasteiger partial charge on any atom is -0.462 e. The average molecular weight is 391 g/mol. The van der Waals surface area contributed by atoms with Crippen molar-refractivity contribution in [2.24, 2.45) is 5.92 Å². The molecular formula is C27H34O2. The summed E-state index contributed by atoms with van der Waals surface area (Å²) in [6.07, 6.45) is 2.19. The third-order valence-electron chi connectivity index (χ3n) is 7.15. The predicted octanol–water partition coefficient (Wildman–Crippen LogP) is 6.94. The van der Waals surface area contributed by atoms with E-state index in [1.165, 1.54) is 27.8 Å². The summed E-state index contributed by atoms with van der Waals surface area (Å²) < 4.78 is 5.07. The van der Waals surface area contributed by atoms with Crippen LogP contribution in [0.1, 0.15) is 86.6 Å². The molecule has 0 heterocycles. The van der Waals surface area contributed by atoms with Crippen molar-refractivity contribution in [1.29, 1.82) is 0 Å². The lowest BCUT2D eigenvalue weighted by atomic mass is 9.71. The molecule has 0 radical (unpaired) electrons. The minimum absolute atomic E-state index is 0.156. The van der Waals surface area contributed by atoms with Gasteiger partial charge in [0.15, 0.2) is 0 Å². The Bertz CT molecular complexity index is 959. The first-order chi connectivity index (χ1) is 13.5. The number of ether oxygens (including phenoxy) is 1. The molecule has 1 aliphatic carbocycles. The van der Waals surface area contributed by atoms with Crippen LogP contribution in [0.2, 0.25) is 0 Å². The van der Waals surface area contributed by atoms with Crippen LogP contribution in [0.3, 0.4) is 0 Å². The normalized spacial score (nSPS) is 19.7. The van der Waals surface area contributed by atoms with E-state index in [1.807, 2.05) is 31.2 Å². The summed E-state index contributed by atoms with van der Waals surface area (Å²) in [4.78, 5) is 11.9. The fraction of sp³-hybridized carbons (Fsp3) is 0.444. The Kier molecular flexibility index (Phi) is 5.51. The molecule has 2 nitrogen and oxygen atoms in total. The molecule has 0 aliphatic heterocycles. The zero-order valence-electron chi connectivity index (χ0n) is 19.1. The first-order valence-corrected chi connectivity index (χ1v) is 10.6. The second-order valence-electron chi connectivity index (χ2n) is 9.55. The molecule has 0 aromatic heterocycles. The number of carbonyl (C=O) groups is 1. The molecule has 0 N–H and O–H groups in total. The maximum atomic E-state index is 11.9. The van der Waals surface area contributed by atoms with Gasteiger partial charge < -0.3 is 4.74 Å². The Balaban J connectivity index is 1.98. The largest absolute Gasteiger partial charge is 0.462 e. The van der Waals surface area contributed by atoms with Gasteiger partial charge in [-0.05, 0) is 83.0 Å². The highest BCUT2D eigenvalue weighted by Crippen LogP contribution is 2.54. The van der Waals surface area contributed by atoms with Crippen LogP contribution >= 0.6 is 0 Å². The van der Waals surface area contributed by atoms with E-state index < -0.39 is 0 Å². The zero-order valence-corrected chi connectivity index (χ0v) is 19.1. The smallest absolute Gasteiger partial charge is 0.338 e. The fourth-order valence-corrected chi connectivity index (χ4v) is 4.83. The summed E-state index contributed by atoms with van der Waals surface area (Å²) in [5.74, 6) is 0.313. The van der Waals surface area contributed by atoms with Crippen LogP contribution in [0, 0.1) is 12.8 Å². The van der Waals surface area contributed by atoms with Crippen LogP contribution in [-0.4, -0.2) is 12.6 Å². The highest BCUT2D eigenvalue weighted by atomic mass is 16.5. The van der Waals surface area contributed by atoms with Gasteiger partial charge in [-0.1, -0.05) is 65.0 Å². The van der Waals surface area contributed by atoms with Gasteiger partial charge in [0.1, 0.15) is 0 Å². The van der Waals surface area contributed by atoms with Gasteiger partial charge in [0.2, 0.25) is 0 Å². The van der Waals surface area contributed by atoms with Gasteiger partial charge in [-0.3, -0.25) is 0 Å². The quantitative estimate of drug-likeness (QED) is 0.417. The summed E-state index contributed by atoms with van der Waals surface area (Å²) in [5, 5.41) is 0. The molecule has 2 aromatic carbocycles. The van der Waals surface area contributed by atoms with Crippen LogP contribution in [0.4, 0.5) is 0 Å². The highest BCUT2D eigenvalue weighted by molar-refractivity contribution is 5.90. The lowest BCUT2D eigenvalue weighted by molar-refractivity contribution is 0.0526. The van der Waals surface area contributed by atoms with Gasteiger partial charge in [0, 0.05) is 0 Å². The SMILES string of the molecule is CCOC(=O)c1ccc(C=C(C)c2cc3c(cc2C)C(C)(C)C(C)C3(C)C)cc1. The van der Waals surface area contributed by atoms with Crippen LogP contribution < -0.4 is 0 Å². The second-order valence-corrected chi connectivity index (χ2v) is 9.55. The molecule has 1 aliphatic rings. The van der Waals surface area contributed by atoms with E-state index in [2.05, 4.69) is 66.7 Å². The van der Waals surface area contributed by atoms with E-state index in [9.17, 15) is 4.79 Å². The third kappa shape index (κ3) is 3.66. The van der Waals surface area contributed by atoms with E-state index in [0.29, 0.717) is 18.1 Å². The summed E-state index contributed by atoms with van der Waals surface area (Å²) >= 11 is 0. The number of esters is 1. The number of benzene rings is 2. The van der Waals surface area contributed by atoms with Gasteiger partial charge >= 0.3 is 5.97 Å². The molecule has 0 bridgehead atoms. The van der Waals surface area contributed by atoms with Gasteiger partial charge in [-0.2, -0.15) is 0 Å². The van der Waals surface area contributed by atoms with Gasteiger partial charge in [0.25, 0.3) is 0 Å². The van der Waals surface area contributed by atoms with Gasteiger partial charge in [-0.15, -0.1) is 0 Å². The monoisotopic (exact) mass is 390 g/mol. The maximum Gasteiger partial charge on any atom is 0.338 e. The predicted molar refractivity (Wildman–Crippen MR) is 122 cm³/mol. The molecule has 2 heteroatoms. The summed E-state index contributed by atoms with van der Waals surface area (Å²) in [7, 11) is 0. The lowest BCUT2D eigenvalue weighted by Crippen LogP contribution is -2.30. The van der Waals surface area contributed by atoms with E-state index in [0.717, 1.165) is 5.56 Å². The summed E-state index contributed by atoms with van der Waals surface area (Å²) in [5.41, 5.74) is 8.84. The van der Waals surface area contributed by atoms with E-state index in [1.54, 1.807) is 0 Å². The van der Waals surface area contributed by atoms with Crippen molar-refractivity contribution in [2.45, 2.75) is 66.2 Å². The molecular weight excluding hydrogens is 356 g/mol. The highest BCUT2D eigenvalue weighted by Gasteiger charge is 2.48. The maximum absolute atomic E-state index is 11.9. The first kappa shape index (κ1) is 21.4. The van der Waals surface area contributed by atoms with Crippen molar-refractivity contribution < 1.29 is 9.53 Å². The van der Waals surface area contributed by atoms with Crippen LogP contribution in [-0.2, 0) is 15.6 Å². The standard InChI is InChI=1S/C27H34O2/c1-9-29-25(28)21-12-10-20(11-13-21)14-17(2)22-16-24-23(15-18(22)3)26(5,6)19(4)27(24,7)8/h10-16,19H,9H2,1-8H3. The molecule has 29 heavy (non-hydrogen) atoms. The van der Waals surface area contributed by atoms with Crippen LogP contribution in [0.25, 0.3) is 11.6 Å². The van der Waals surface area contributed by atoms with Crippen LogP contribution in [0.5, 0.6) is 0 Å². The second kappa shape index (κ2) is 7.48. The molecule has 0 spiro atoms. The molecule has 0 amide bonds. The molecule has 0 saturated carbocycles. The molecule has 154 valence electrons. The number of hydrogen-bond donors (Lipinski definition) is 0. The Morgan fingerprint density at radius 3 is 2.14 bits per heavy atom. The van der Waals surface area contributed by atoms with E-state index in [-0.39, 0.29) is 16.8 Å². The lowest BCUT2D eigenvalue weighted by Gasteiger charge is -2.32. The van der Waals surface area contributed by atoms with Gasteiger partial charge in [-0.25, -0.2) is 4.79 Å². The number of allylic oxidation sites excluding steroid dienone is 1. The minimum atomic E-state index is -0.270. The average Bonchev–Trinajstić information content (AvgIpc) is 2.79. The number of carbonyl (C=O) groups excluding carboxylic acids is 1. The number of hydrogen-bond acceptors (Lipinski definition) is 2. The van der Waals surface area contributed by atoms with Crippen molar-refractivity contribution in [3.8, 4) is 0 Å². The van der Waals surface area contributed by atoms with Crippen molar-refractivity contribution in [3.05, 3.63) is 69.8 Å². The first-order valence-electron chi connectivity index (χ1n) is 10.6. The summed E-state index contributed by atoms with van der Waals surface area (Å²) in [6, 6.07) is 12.4. The third-order valence-corrected chi connectivity index (χ3v) is 7.15. The van der Waals surface area contributed by atoms with Crippen molar-refractivity contribution in [2.75, 3.05) is 6.61 Å². The molecule has 3 rings (SSSR count). The molecule has 0 saturated heterocycles. The van der Waals surface area contributed by atoms with E-state index in [4.69, 9.17) is 4.74 Å². The van der Waals surface area contributed by atoms with Crippen molar-refractivity contribution >= 4 is 17.6 Å². The Morgan fingerprint density at radius 1 is 1.03 bits per heavy atom. The molecule has 2 aromatic rings. The Morgan fingerprint density at radius 2 is 1.59 bits per heavy atom. The molecule has 1 atom stereocenters. The fourth-order valence-electron chi connectivity index (χ4n) is 4.83. The zero-order chi connectivity index (χ0) is 21.6. The number of aryl methyl sites for hydroxylation is 1. The Labute approximate surface area is 176 Å². The number of rotatable bonds is 4. The summed E-state index contributed by atoms with van der Waals surface area (Å²) in [6.45, 7) is 18.5. The van der Waals surface area contributed by atoms with Crippen molar-refractivity contribution in [1.82, 2.24) is 0 Å². The van der Waals surface area contributed by atoms with Gasteiger partial charge in [0.05, 0.1) is 12.2 Å². The number of fused-ring (bicyclic) bond motifs is 1. The van der Waals surface area contributed by atoms with Crippen LogP contribution in [0.15, 0.2) is 36.4 Å².